The van der Waals surface area contributed by atoms with E-state index in [0.717, 1.165) is 0 Å². The molecular weight excluding hydrogens is 264 g/mol. The molecule has 19 heavy (non-hydrogen) atoms. The van der Waals surface area contributed by atoms with Gasteiger partial charge in [-0.3, -0.25) is 4.79 Å². The Kier molecular flexibility index (Phi) is 3.62. The second kappa shape index (κ2) is 5.19. The Morgan fingerprint density at radius 2 is 1.89 bits per heavy atom. The van der Waals surface area contributed by atoms with E-state index in [1.807, 2.05) is 0 Å². The number of aromatic carboxylic acids is 1. The number of rotatable bonds is 3. The van der Waals surface area contributed by atoms with Gasteiger partial charge in [0.15, 0.2) is 0 Å². The molecule has 1 N–H and O–H groups in total. The molecule has 2 aromatic rings. The van der Waals surface area contributed by atoms with E-state index in [-0.39, 0.29) is 11.5 Å². The number of thiazole rings is 1. The van der Waals surface area contributed by atoms with E-state index in [2.05, 4.69) is 4.98 Å². The smallest absolute Gasteiger partial charge is 0.335 e. The number of nitrogens with zero attached hydrogens (tertiary/aromatic N) is 2. The minimum Gasteiger partial charge on any atom is -0.478 e. The van der Waals surface area contributed by atoms with E-state index < -0.39 is 5.97 Å². The highest BCUT2D eigenvalue weighted by Gasteiger charge is 2.17. The Bertz CT molecular complexity index is 619. The summed E-state index contributed by atoms with van der Waals surface area (Å²) in [7, 11) is 1.65. The van der Waals surface area contributed by atoms with E-state index in [4.69, 9.17) is 5.11 Å². The van der Waals surface area contributed by atoms with Crippen LogP contribution in [0, 0.1) is 6.92 Å². The van der Waals surface area contributed by atoms with E-state index in [1.54, 1.807) is 31.6 Å². The van der Waals surface area contributed by atoms with Gasteiger partial charge in [-0.2, -0.15) is 0 Å². The molecule has 1 amide bonds. The summed E-state index contributed by atoms with van der Waals surface area (Å²) in [4.78, 5) is 29.1. The molecule has 0 aliphatic carbocycles. The number of carboxylic acids is 1. The Morgan fingerprint density at radius 1 is 1.26 bits per heavy atom. The van der Waals surface area contributed by atoms with Crippen LogP contribution < -0.4 is 4.90 Å². The third-order valence-corrected chi connectivity index (χ3v) is 3.66. The highest BCUT2D eigenvalue weighted by atomic mass is 32.1. The normalized spacial score (nSPS) is 10.2. The fraction of sp³-hybridized carbons (Fsp3) is 0.154. The van der Waals surface area contributed by atoms with Crippen molar-refractivity contribution in [2.75, 3.05) is 11.9 Å². The molecule has 1 aromatic carbocycles. The van der Waals surface area contributed by atoms with Crippen LogP contribution in [0.1, 0.15) is 25.7 Å². The Balaban J connectivity index is 2.24. The third-order valence-electron chi connectivity index (χ3n) is 2.75. The van der Waals surface area contributed by atoms with Crippen molar-refractivity contribution in [3.05, 3.63) is 45.9 Å². The van der Waals surface area contributed by atoms with Gasteiger partial charge in [-0.05, 0) is 31.2 Å². The fourth-order valence-electron chi connectivity index (χ4n) is 1.60. The van der Waals surface area contributed by atoms with Crippen molar-refractivity contribution in [3.8, 4) is 0 Å². The van der Waals surface area contributed by atoms with Gasteiger partial charge in [0.25, 0.3) is 5.91 Å². The molecule has 0 unspecified atom stereocenters. The molecule has 1 aromatic heterocycles. The number of aryl methyl sites for hydroxylation is 1. The van der Waals surface area contributed by atoms with Crippen LogP contribution in [-0.2, 0) is 0 Å². The number of carbonyl (C=O) groups excluding carboxylic acids is 1. The molecule has 0 spiro atoms. The lowest BCUT2D eigenvalue weighted by Gasteiger charge is -2.16. The SMILES string of the molecule is Cc1ncsc1C(=O)N(C)c1ccc(C(=O)O)cc1. The van der Waals surface area contributed by atoms with Gasteiger partial charge in [0.1, 0.15) is 4.88 Å². The molecule has 0 aliphatic heterocycles. The maximum absolute atomic E-state index is 12.2. The molecule has 0 bridgehead atoms. The number of aromatic nitrogens is 1. The summed E-state index contributed by atoms with van der Waals surface area (Å²) >= 11 is 1.29. The summed E-state index contributed by atoms with van der Waals surface area (Å²) in [6.45, 7) is 1.78. The molecule has 0 saturated carbocycles. The zero-order valence-corrected chi connectivity index (χ0v) is 11.3. The average Bonchev–Trinajstić information content (AvgIpc) is 2.83. The maximum Gasteiger partial charge on any atom is 0.335 e. The lowest BCUT2D eigenvalue weighted by molar-refractivity contribution is 0.0696. The van der Waals surface area contributed by atoms with Crippen LogP contribution in [-0.4, -0.2) is 29.0 Å². The Morgan fingerprint density at radius 3 is 2.37 bits per heavy atom. The number of amides is 1. The second-order valence-electron chi connectivity index (χ2n) is 3.98. The van der Waals surface area contributed by atoms with E-state index in [9.17, 15) is 9.59 Å². The number of carbonyl (C=O) groups is 2. The molecule has 1 heterocycles. The summed E-state index contributed by atoms with van der Waals surface area (Å²) < 4.78 is 0. The fourth-order valence-corrected chi connectivity index (χ4v) is 2.38. The van der Waals surface area contributed by atoms with Crippen molar-refractivity contribution in [2.45, 2.75) is 6.92 Å². The third kappa shape index (κ3) is 2.63. The van der Waals surface area contributed by atoms with Crippen molar-refractivity contribution < 1.29 is 14.7 Å². The van der Waals surface area contributed by atoms with Crippen molar-refractivity contribution in [2.24, 2.45) is 0 Å². The van der Waals surface area contributed by atoms with Crippen molar-refractivity contribution in [1.29, 1.82) is 0 Å². The summed E-state index contributed by atoms with van der Waals surface area (Å²) in [5.41, 5.74) is 3.16. The predicted molar refractivity (Wildman–Crippen MR) is 73.0 cm³/mol. The minimum atomic E-state index is -0.987. The maximum atomic E-state index is 12.2. The lowest BCUT2D eigenvalue weighted by atomic mass is 10.2. The summed E-state index contributed by atoms with van der Waals surface area (Å²) in [5.74, 6) is -1.14. The number of benzene rings is 1. The average molecular weight is 276 g/mol. The molecule has 98 valence electrons. The minimum absolute atomic E-state index is 0.150. The van der Waals surface area contributed by atoms with Crippen LogP contribution in [0.5, 0.6) is 0 Å². The first-order valence-corrected chi connectivity index (χ1v) is 6.40. The molecule has 2 rings (SSSR count). The lowest BCUT2D eigenvalue weighted by Crippen LogP contribution is -2.26. The number of anilines is 1. The van der Waals surface area contributed by atoms with Gasteiger partial charge in [0.05, 0.1) is 16.8 Å². The Hall–Kier alpha value is -2.21. The van der Waals surface area contributed by atoms with Crippen LogP contribution in [0.4, 0.5) is 5.69 Å². The Labute approximate surface area is 114 Å². The van der Waals surface area contributed by atoms with Crippen molar-refractivity contribution in [1.82, 2.24) is 4.98 Å². The van der Waals surface area contributed by atoms with Crippen LogP contribution in [0.15, 0.2) is 29.8 Å². The standard InChI is InChI=1S/C13H12N2O3S/c1-8-11(19-7-14-8)12(16)15(2)10-5-3-9(4-6-10)13(17)18/h3-7H,1-2H3,(H,17,18). The molecule has 0 aliphatic rings. The highest BCUT2D eigenvalue weighted by molar-refractivity contribution is 7.12. The van der Waals surface area contributed by atoms with Gasteiger partial charge < -0.3 is 10.0 Å². The van der Waals surface area contributed by atoms with Crippen molar-refractivity contribution in [3.63, 3.8) is 0 Å². The first-order valence-electron chi connectivity index (χ1n) is 5.52. The molecule has 0 atom stereocenters. The first-order chi connectivity index (χ1) is 9.00. The van der Waals surface area contributed by atoms with E-state index in [1.165, 1.54) is 28.4 Å². The van der Waals surface area contributed by atoms with E-state index >= 15 is 0 Å². The first kappa shape index (κ1) is 13.2. The molecule has 0 fully saturated rings. The van der Waals surface area contributed by atoms with Crippen LogP contribution >= 0.6 is 11.3 Å². The monoisotopic (exact) mass is 276 g/mol. The van der Waals surface area contributed by atoms with Gasteiger partial charge in [0, 0.05) is 12.7 Å². The molecule has 0 radical (unpaired) electrons. The van der Waals surface area contributed by atoms with Crippen LogP contribution in [0.2, 0.25) is 0 Å². The quantitative estimate of drug-likeness (QED) is 0.934. The number of hydrogen-bond acceptors (Lipinski definition) is 4. The van der Waals surface area contributed by atoms with Crippen LogP contribution in [0.25, 0.3) is 0 Å². The molecular formula is C13H12N2O3S. The topological polar surface area (TPSA) is 70.5 Å². The number of hydrogen-bond donors (Lipinski definition) is 1. The number of carboxylic acid groups (broad SMARTS) is 1. The zero-order chi connectivity index (χ0) is 14.0. The van der Waals surface area contributed by atoms with Crippen LogP contribution in [0.3, 0.4) is 0 Å². The predicted octanol–water partition coefficient (Wildman–Crippen LogP) is 2.43. The molecule has 0 saturated heterocycles. The summed E-state index contributed by atoms with van der Waals surface area (Å²) in [6, 6.07) is 6.16. The summed E-state index contributed by atoms with van der Waals surface area (Å²) in [6.07, 6.45) is 0. The molecule has 6 heteroatoms. The zero-order valence-electron chi connectivity index (χ0n) is 10.5. The summed E-state index contributed by atoms with van der Waals surface area (Å²) in [5, 5.41) is 8.82. The van der Waals surface area contributed by atoms with Gasteiger partial charge >= 0.3 is 5.97 Å². The largest absolute Gasteiger partial charge is 0.478 e. The van der Waals surface area contributed by atoms with Gasteiger partial charge in [-0.15, -0.1) is 11.3 Å². The van der Waals surface area contributed by atoms with Gasteiger partial charge in [-0.1, -0.05) is 0 Å². The second-order valence-corrected chi connectivity index (χ2v) is 4.84. The van der Waals surface area contributed by atoms with E-state index in [0.29, 0.717) is 16.3 Å². The van der Waals surface area contributed by atoms with Gasteiger partial charge in [-0.25, -0.2) is 9.78 Å². The van der Waals surface area contributed by atoms with Crippen molar-refractivity contribution >= 4 is 28.9 Å². The van der Waals surface area contributed by atoms with Gasteiger partial charge in [0.2, 0.25) is 0 Å². The molecule has 5 nitrogen and oxygen atoms in total. The highest BCUT2D eigenvalue weighted by Crippen LogP contribution is 2.20.